The third-order valence-electron chi connectivity index (χ3n) is 3.63. The zero-order valence-electron chi connectivity index (χ0n) is 14.7. The molecule has 7 nitrogen and oxygen atoms in total. The van der Waals surface area contributed by atoms with Crippen molar-refractivity contribution in [1.82, 2.24) is 0 Å². The second-order valence-corrected chi connectivity index (χ2v) is 7.80. The minimum absolute atomic E-state index is 0.174. The number of hydrogen-bond donors (Lipinski definition) is 2. The van der Waals surface area contributed by atoms with E-state index < -0.39 is 45.9 Å². The van der Waals surface area contributed by atoms with Gasteiger partial charge in [-0.05, 0) is 42.8 Å². The second kappa shape index (κ2) is 8.39. The molecule has 12 heteroatoms. The SMILES string of the molecule is Cc1ccc(C(=O)OCC(=O)Nc2ccc(Cl)cc2C(F)(F)F)cc1S(N)(=O)=O. The molecule has 3 N–H and O–H groups in total. The Bertz CT molecular complexity index is 1070. The molecule has 0 saturated heterocycles. The fourth-order valence-corrected chi connectivity index (χ4v) is 3.27. The monoisotopic (exact) mass is 450 g/mol. The Labute approximate surface area is 168 Å². The Morgan fingerprint density at radius 1 is 1.17 bits per heavy atom. The molecule has 0 bridgehead atoms. The molecule has 29 heavy (non-hydrogen) atoms. The molecule has 0 atom stereocenters. The number of esters is 1. The first-order chi connectivity index (χ1) is 13.3. The maximum atomic E-state index is 13.0. The van der Waals surface area contributed by atoms with Gasteiger partial charge >= 0.3 is 12.1 Å². The van der Waals surface area contributed by atoms with Crippen LogP contribution in [0.15, 0.2) is 41.3 Å². The van der Waals surface area contributed by atoms with E-state index in [1.807, 2.05) is 5.32 Å². The third-order valence-corrected chi connectivity index (χ3v) is 4.91. The lowest BCUT2D eigenvalue weighted by molar-refractivity contribution is -0.137. The van der Waals surface area contributed by atoms with E-state index in [2.05, 4.69) is 0 Å². The van der Waals surface area contributed by atoms with Crippen LogP contribution in [0, 0.1) is 6.92 Å². The minimum Gasteiger partial charge on any atom is -0.452 e. The van der Waals surface area contributed by atoms with Gasteiger partial charge in [0.1, 0.15) is 0 Å². The van der Waals surface area contributed by atoms with Gasteiger partial charge in [-0.2, -0.15) is 13.2 Å². The number of carbonyl (C=O) groups excluding carboxylic acids is 2. The molecule has 0 fully saturated rings. The van der Waals surface area contributed by atoms with Crippen LogP contribution in [0.25, 0.3) is 0 Å². The first kappa shape index (κ1) is 22.7. The summed E-state index contributed by atoms with van der Waals surface area (Å²) in [5, 5.41) is 6.86. The predicted molar refractivity (Wildman–Crippen MR) is 97.9 cm³/mol. The summed E-state index contributed by atoms with van der Waals surface area (Å²) in [4.78, 5) is 23.6. The normalized spacial score (nSPS) is 11.8. The van der Waals surface area contributed by atoms with E-state index in [4.69, 9.17) is 21.5 Å². The number of rotatable bonds is 5. The van der Waals surface area contributed by atoms with Gasteiger partial charge in [0.25, 0.3) is 5.91 Å². The number of amides is 1. The Morgan fingerprint density at radius 2 is 1.83 bits per heavy atom. The zero-order chi connectivity index (χ0) is 22.0. The summed E-state index contributed by atoms with van der Waals surface area (Å²) in [6.07, 6.45) is -4.77. The highest BCUT2D eigenvalue weighted by Crippen LogP contribution is 2.36. The van der Waals surface area contributed by atoms with E-state index in [-0.39, 0.29) is 15.5 Å². The Hall–Kier alpha value is -2.63. The lowest BCUT2D eigenvalue weighted by Gasteiger charge is -2.14. The van der Waals surface area contributed by atoms with Gasteiger partial charge in [-0.25, -0.2) is 18.4 Å². The van der Waals surface area contributed by atoms with Crippen LogP contribution in [-0.2, 0) is 25.7 Å². The van der Waals surface area contributed by atoms with E-state index in [0.29, 0.717) is 11.6 Å². The van der Waals surface area contributed by atoms with E-state index in [1.54, 1.807) is 0 Å². The second-order valence-electron chi connectivity index (χ2n) is 5.84. The molecule has 156 valence electrons. The third kappa shape index (κ3) is 5.92. The molecule has 0 aromatic heterocycles. The van der Waals surface area contributed by atoms with Gasteiger partial charge in [-0.15, -0.1) is 0 Å². The van der Waals surface area contributed by atoms with E-state index in [9.17, 15) is 31.2 Å². The number of primary sulfonamides is 1. The van der Waals surface area contributed by atoms with E-state index >= 15 is 0 Å². The first-order valence-electron chi connectivity index (χ1n) is 7.76. The van der Waals surface area contributed by atoms with Gasteiger partial charge in [0.05, 0.1) is 21.7 Å². The Morgan fingerprint density at radius 3 is 2.41 bits per heavy atom. The smallest absolute Gasteiger partial charge is 0.418 e. The quantitative estimate of drug-likeness (QED) is 0.679. The van der Waals surface area contributed by atoms with Crippen LogP contribution in [0.1, 0.15) is 21.5 Å². The molecular weight excluding hydrogens is 437 g/mol. The van der Waals surface area contributed by atoms with Crippen LogP contribution < -0.4 is 10.5 Å². The number of alkyl halides is 3. The highest BCUT2D eigenvalue weighted by molar-refractivity contribution is 7.89. The van der Waals surface area contributed by atoms with Gasteiger partial charge in [-0.1, -0.05) is 17.7 Å². The fraction of sp³-hybridized carbons (Fsp3) is 0.176. The highest BCUT2D eigenvalue weighted by Gasteiger charge is 2.34. The van der Waals surface area contributed by atoms with Crippen LogP contribution >= 0.6 is 11.6 Å². The topological polar surface area (TPSA) is 116 Å². The van der Waals surface area contributed by atoms with Crippen LogP contribution in [-0.4, -0.2) is 26.9 Å². The average molecular weight is 451 g/mol. The zero-order valence-corrected chi connectivity index (χ0v) is 16.3. The molecule has 0 unspecified atom stereocenters. The molecule has 0 aliphatic rings. The van der Waals surface area contributed by atoms with Crippen molar-refractivity contribution < 1.29 is 35.9 Å². The van der Waals surface area contributed by atoms with Crippen molar-refractivity contribution in [2.24, 2.45) is 5.14 Å². The molecule has 0 radical (unpaired) electrons. The van der Waals surface area contributed by atoms with Crippen molar-refractivity contribution in [1.29, 1.82) is 0 Å². The fourth-order valence-electron chi connectivity index (χ4n) is 2.29. The maximum Gasteiger partial charge on any atom is 0.418 e. The number of nitrogens with two attached hydrogens (primary N) is 1. The summed E-state index contributed by atoms with van der Waals surface area (Å²) in [5.74, 6) is -2.10. The Balaban J connectivity index is 2.10. The van der Waals surface area contributed by atoms with Crippen LogP contribution in [0.3, 0.4) is 0 Å². The average Bonchev–Trinajstić information content (AvgIpc) is 2.59. The number of hydrogen-bond acceptors (Lipinski definition) is 5. The first-order valence-corrected chi connectivity index (χ1v) is 9.68. The standard InChI is InChI=1S/C17H14ClF3N2O5S/c1-9-2-3-10(6-14(9)29(22,26)27)16(25)28-8-15(24)23-13-5-4-11(18)7-12(13)17(19,20)21/h2-7H,8H2,1H3,(H,23,24)(H2,22,26,27). The van der Waals surface area contributed by atoms with Crippen LogP contribution in [0.4, 0.5) is 18.9 Å². The number of carbonyl (C=O) groups is 2. The summed E-state index contributed by atoms with van der Waals surface area (Å²) in [6.45, 7) is 0.560. The van der Waals surface area contributed by atoms with Gasteiger partial charge in [0, 0.05) is 5.02 Å². The highest BCUT2D eigenvalue weighted by atomic mass is 35.5. The van der Waals surface area contributed by atoms with Crippen LogP contribution in [0.2, 0.25) is 5.02 Å². The molecule has 0 saturated carbocycles. The van der Waals surface area contributed by atoms with Gasteiger partial charge in [0.15, 0.2) is 6.61 Å². The molecule has 2 rings (SSSR count). The molecule has 2 aromatic rings. The van der Waals surface area contributed by atoms with Crippen molar-refractivity contribution >= 4 is 39.2 Å². The van der Waals surface area contributed by atoms with Crippen molar-refractivity contribution in [2.45, 2.75) is 18.0 Å². The lowest BCUT2D eigenvalue weighted by atomic mass is 10.1. The molecule has 0 spiro atoms. The number of halogens is 4. The van der Waals surface area contributed by atoms with Gasteiger partial charge in [-0.3, -0.25) is 4.79 Å². The minimum atomic E-state index is -4.77. The van der Waals surface area contributed by atoms with Crippen molar-refractivity contribution in [2.75, 3.05) is 11.9 Å². The number of sulfonamides is 1. The molecule has 0 heterocycles. The lowest BCUT2D eigenvalue weighted by Crippen LogP contribution is -2.23. The molecule has 2 aromatic carbocycles. The van der Waals surface area contributed by atoms with Crippen molar-refractivity contribution in [3.63, 3.8) is 0 Å². The number of benzene rings is 2. The number of nitrogens with one attached hydrogen (secondary N) is 1. The summed E-state index contributed by atoms with van der Waals surface area (Å²) in [5.41, 5.74) is -1.63. The largest absolute Gasteiger partial charge is 0.452 e. The number of aryl methyl sites for hydroxylation is 1. The summed E-state index contributed by atoms with van der Waals surface area (Å²) >= 11 is 5.55. The molecule has 0 aliphatic heterocycles. The predicted octanol–water partition coefficient (Wildman–Crippen LogP) is 3.11. The van der Waals surface area contributed by atoms with Gasteiger partial charge in [0.2, 0.25) is 10.0 Å². The van der Waals surface area contributed by atoms with Crippen molar-refractivity contribution in [3.8, 4) is 0 Å². The Kier molecular flexibility index (Phi) is 6.56. The summed E-state index contributed by atoms with van der Waals surface area (Å²) in [6, 6.07) is 6.31. The van der Waals surface area contributed by atoms with E-state index in [0.717, 1.165) is 18.2 Å². The maximum absolute atomic E-state index is 13.0. The van der Waals surface area contributed by atoms with Crippen LogP contribution in [0.5, 0.6) is 0 Å². The molecule has 0 aliphatic carbocycles. The summed E-state index contributed by atoms with van der Waals surface area (Å²) in [7, 11) is -4.09. The van der Waals surface area contributed by atoms with E-state index in [1.165, 1.54) is 19.1 Å². The van der Waals surface area contributed by atoms with Gasteiger partial charge < -0.3 is 10.1 Å². The molecule has 1 amide bonds. The number of anilines is 1. The molecular formula is C17H14ClF3N2O5S. The summed E-state index contributed by atoms with van der Waals surface area (Å²) < 4.78 is 66.8. The number of ether oxygens (including phenoxy) is 1. The van der Waals surface area contributed by atoms with Crippen molar-refractivity contribution in [3.05, 3.63) is 58.1 Å².